The number of allylic oxidation sites excluding steroid dienone is 4. The number of anilines is 3. The van der Waals surface area contributed by atoms with E-state index in [2.05, 4.69) is 58.0 Å². The minimum atomic E-state index is 0.0217. The maximum absolute atomic E-state index is 12.0. The summed E-state index contributed by atoms with van der Waals surface area (Å²) in [5.74, 6) is 2.24. The van der Waals surface area contributed by atoms with E-state index in [-0.39, 0.29) is 11.3 Å². The van der Waals surface area contributed by atoms with Crippen LogP contribution in [0.5, 0.6) is 11.5 Å². The van der Waals surface area contributed by atoms with Crippen molar-refractivity contribution in [3.8, 4) is 11.5 Å². The fourth-order valence-corrected chi connectivity index (χ4v) is 5.68. The van der Waals surface area contributed by atoms with E-state index in [9.17, 15) is 4.79 Å². The average Bonchev–Trinajstić information content (AvgIpc) is 2.97. The number of rotatable bonds is 8. The van der Waals surface area contributed by atoms with Crippen LogP contribution in [0.4, 0.5) is 17.2 Å². The minimum Gasteiger partial charge on any atom is -0.495 e. The zero-order chi connectivity index (χ0) is 28.3. The first-order valence-electron chi connectivity index (χ1n) is 13.6. The number of methoxy groups -OCH3 is 2. The van der Waals surface area contributed by atoms with Gasteiger partial charge in [-0.25, -0.2) is 9.97 Å². The highest BCUT2D eigenvalue weighted by atomic mass is 16.5. The lowest BCUT2D eigenvalue weighted by atomic mass is 9.71. The number of ether oxygens (including phenoxy) is 2. The van der Waals surface area contributed by atoms with Crippen molar-refractivity contribution in [1.82, 2.24) is 14.9 Å². The summed E-state index contributed by atoms with van der Waals surface area (Å²) >= 11 is 0. The Hall–Kier alpha value is -4.33. The van der Waals surface area contributed by atoms with Crippen molar-refractivity contribution in [2.45, 2.75) is 26.7 Å². The van der Waals surface area contributed by atoms with E-state index in [0.717, 1.165) is 83.9 Å². The summed E-state index contributed by atoms with van der Waals surface area (Å²) in [7, 11) is 3.36. The quantitative estimate of drug-likeness (QED) is 0.278. The van der Waals surface area contributed by atoms with Crippen LogP contribution in [0.3, 0.4) is 0 Å². The molecule has 0 unspecified atom stereocenters. The molecule has 2 fully saturated rings. The van der Waals surface area contributed by atoms with Crippen LogP contribution in [0.25, 0.3) is 16.5 Å². The first-order chi connectivity index (χ1) is 19.4. The maximum atomic E-state index is 12.0. The molecule has 0 bridgehead atoms. The molecule has 1 N–H and O–H groups in total. The summed E-state index contributed by atoms with van der Waals surface area (Å²) in [4.78, 5) is 25.4. The number of carbonyl (C=O) groups is 1. The lowest BCUT2D eigenvalue weighted by Crippen LogP contribution is -2.61. The first kappa shape index (κ1) is 27.2. The molecule has 8 heteroatoms. The Balaban J connectivity index is 1.43. The number of fused-ring (bicyclic) bond motifs is 1. The molecule has 0 radical (unpaired) electrons. The summed E-state index contributed by atoms with van der Waals surface area (Å²) in [6.45, 7) is 11.1. The fourth-order valence-electron chi connectivity index (χ4n) is 5.68. The summed E-state index contributed by atoms with van der Waals surface area (Å²) in [5, 5.41) is 4.41. The number of nitrogens with zero attached hydrogens (tertiary/aromatic N) is 4. The van der Waals surface area contributed by atoms with Gasteiger partial charge in [-0.2, -0.15) is 0 Å². The van der Waals surface area contributed by atoms with Crippen molar-refractivity contribution in [3.63, 3.8) is 0 Å². The molecule has 2 aliphatic heterocycles. The number of likely N-dealkylation sites (tertiary alicyclic amines) is 1. The Kier molecular flexibility index (Phi) is 7.78. The van der Waals surface area contributed by atoms with E-state index in [1.165, 1.54) is 6.08 Å². The highest BCUT2D eigenvalue weighted by Gasteiger charge is 2.46. The van der Waals surface area contributed by atoms with Crippen molar-refractivity contribution in [2.24, 2.45) is 5.41 Å². The van der Waals surface area contributed by atoms with Gasteiger partial charge in [-0.05, 0) is 62.1 Å². The number of benzene rings is 2. The number of carbonyl (C=O) groups excluding carboxylic acids is 1. The van der Waals surface area contributed by atoms with Crippen LogP contribution in [0.15, 0.2) is 67.5 Å². The second-order valence-electron chi connectivity index (χ2n) is 10.6. The number of amides is 1. The van der Waals surface area contributed by atoms with Crippen molar-refractivity contribution in [2.75, 3.05) is 50.6 Å². The molecule has 2 aromatic carbocycles. The largest absolute Gasteiger partial charge is 0.495 e. The second-order valence-corrected chi connectivity index (χ2v) is 10.6. The van der Waals surface area contributed by atoms with E-state index >= 15 is 0 Å². The zero-order valence-electron chi connectivity index (χ0n) is 23.7. The van der Waals surface area contributed by atoms with Gasteiger partial charge in [0, 0.05) is 43.0 Å². The van der Waals surface area contributed by atoms with Gasteiger partial charge in [-0.3, -0.25) is 4.79 Å². The molecule has 3 aromatic rings. The molecule has 208 valence electrons. The number of piperidine rings is 1. The van der Waals surface area contributed by atoms with Gasteiger partial charge >= 0.3 is 0 Å². The first-order valence-corrected chi connectivity index (χ1v) is 13.6. The van der Waals surface area contributed by atoms with Gasteiger partial charge in [0.2, 0.25) is 5.91 Å². The average molecular weight is 540 g/mol. The fraction of sp³-hybridized carbons (Fsp3) is 0.344. The van der Waals surface area contributed by atoms with Crippen LogP contribution in [-0.4, -0.2) is 61.2 Å². The molecule has 8 nitrogen and oxygen atoms in total. The van der Waals surface area contributed by atoms with Gasteiger partial charge in [0.1, 0.15) is 23.6 Å². The van der Waals surface area contributed by atoms with E-state index in [1.54, 1.807) is 20.5 Å². The molecule has 1 spiro atoms. The molecule has 0 saturated carbocycles. The Morgan fingerprint density at radius 2 is 1.82 bits per heavy atom. The van der Waals surface area contributed by atoms with Crippen LogP contribution in [-0.2, 0) is 4.79 Å². The SMILES string of the molecule is C=CC(=O)N1CCC2(CC1)CN(c1cc3c(Nc4cc(/C(C)=C/C=C\C)ccc4OC)ncnc3cc1OC)C2. The van der Waals surface area contributed by atoms with Crippen molar-refractivity contribution in [1.29, 1.82) is 0 Å². The molecule has 1 aromatic heterocycles. The lowest BCUT2D eigenvalue weighted by Gasteiger charge is -2.55. The minimum absolute atomic E-state index is 0.0217. The van der Waals surface area contributed by atoms with E-state index in [0.29, 0.717) is 5.82 Å². The molecular formula is C32H37N5O3. The van der Waals surface area contributed by atoms with Gasteiger partial charge in [0.25, 0.3) is 0 Å². The molecule has 2 aliphatic rings. The predicted octanol–water partition coefficient (Wildman–Crippen LogP) is 5.98. The Bertz CT molecular complexity index is 1480. The predicted molar refractivity (Wildman–Crippen MR) is 161 cm³/mol. The number of aromatic nitrogens is 2. The van der Waals surface area contributed by atoms with Crippen LogP contribution < -0.4 is 19.7 Å². The van der Waals surface area contributed by atoms with E-state index in [4.69, 9.17) is 9.47 Å². The van der Waals surface area contributed by atoms with Crippen molar-refractivity contribution < 1.29 is 14.3 Å². The Morgan fingerprint density at radius 1 is 1.07 bits per heavy atom. The number of hydrogen-bond acceptors (Lipinski definition) is 7. The molecular weight excluding hydrogens is 502 g/mol. The number of hydrogen-bond donors (Lipinski definition) is 1. The lowest BCUT2D eigenvalue weighted by molar-refractivity contribution is -0.128. The van der Waals surface area contributed by atoms with Gasteiger partial charge in [-0.15, -0.1) is 0 Å². The number of nitrogens with one attached hydrogen (secondary N) is 1. The molecule has 0 aliphatic carbocycles. The van der Waals surface area contributed by atoms with Crippen molar-refractivity contribution in [3.05, 3.63) is 73.1 Å². The normalized spacial score (nSPS) is 16.8. The van der Waals surface area contributed by atoms with Crippen LogP contribution in [0.2, 0.25) is 0 Å². The molecule has 40 heavy (non-hydrogen) atoms. The molecule has 0 atom stereocenters. The Labute approximate surface area is 236 Å². The highest BCUT2D eigenvalue weighted by molar-refractivity contribution is 5.96. The second kappa shape index (κ2) is 11.4. The monoisotopic (exact) mass is 539 g/mol. The van der Waals surface area contributed by atoms with Gasteiger partial charge in [0.15, 0.2) is 0 Å². The smallest absolute Gasteiger partial charge is 0.245 e. The third-order valence-corrected chi connectivity index (χ3v) is 8.09. The molecule has 3 heterocycles. The zero-order valence-corrected chi connectivity index (χ0v) is 23.7. The maximum Gasteiger partial charge on any atom is 0.245 e. The van der Waals surface area contributed by atoms with Crippen molar-refractivity contribution >= 4 is 39.6 Å². The molecule has 1 amide bonds. The summed E-state index contributed by atoms with van der Waals surface area (Å²) in [5.41, 5.74) is 5.11. The van der Waals surface area contributed by atoms with Crippen LogP contribution in [0.1, 0.15) is 32.3 Å². The summed E-state index contributed by atoms with van der Waals surface area (Å²) < 4.78 is 11.5. The summed E-state index contributed by atoms with van der Waals surface area (Å²) in [6.07, 6.45) is 11.1. The standard InChI is InChI=1S/C32H37N5O3/c1-6-8-9-22(3)23-10-11-28(39-4)26(16-23)35-31-24-17-27(29(40-5)18-25(24)33-21-34-31)37-19-32(20-37)12-14-36(15-13-32)30(38)7-2/h6-11,16-18,21H,2,12-15,19-20H2,1,3-5H3,(H,33,34,35)/b8-6-,22-9+. The molecule has 2 saturated heterocycles. The summed E-state index contributed by atoms with van der Waals surface area (Å²) in [6, 6.07) is 10.2. The van der Waals surface area contributed by atoms with Crippen LogP contribution in [0, 0.1) is 5.41 Å². The van der Waals surface area contributed by atoms with Crippen LogP contribution >= 0.6 is 0 Å². The highest BCUT2D eigenvalue weighted by Crippen LogP contribution is 2.46. The molecule has 5 rings (SSSR count). The van der Waals surface area contributed by atoms with E-state index < -0.39 is 0 Å². The van der Waals surface area contributed by atoms with Gasteiger partial charge in [-0.1, -0.05) is 30.9 Å². The third kappa shape index (κ3) is 5.26. The van der Waals surface area contributed by atoms with Gasteiger partial charge in [0.05, 0.1) is 31.1 Å². The third-order valence-electron chi connectivity index (χ3n) is 8.09. The topological polar surface area (TPSA) is 79.8 Å². The van der Waals surface area contributed by atoms with Gasteiger partial charge < -0.3 is 24.6 Å². The van der Waals surface area contributed by atoms with E-state index in [1.807, 2.05) is 36.1 Å². The Morgan fingerprint density at radius 3 is 2.50 bits per heavy atom.